The first-order valence-corrected chi connectivity index (χ1v) is 6.48. The van der Waals surface area contributed by atoms with Crippen molar-refractivity contribution in [2.75, 3.05) is 6.54 Å². The molecule has 0 bridgehead atoms. The first-order chi connectivity index (χ1) is 7.56. The van der Waals surface area contributed by atoms with Gasteiger partial charge in [0.05, 0.1) is 0 Å². The van der Waals surface area contributed by atoms with E-state index >= 15 is 0 Å². The van der Waals surface area contributed by atoms with E-state index in [0.717, 1.165) is 28.6 Å². The summed E-state index contributed by atoms with van der Waals surface area (Å²) in [7, 11) is 0. The molecule has 0 saturated carbocycles. The minimum absolute atomic E-state index is 0.419. The molecular formula is C13H19Cl2N. The van der Waals surface area contributed by atoms with Crippen LogP contribution in [0.2, 0.25) is 10.0 Å². The highest BCUT2D eigenvalue weighted by Gasteiger charge is 2.16. The van der Waals surface area contributed by atoms with E-state index in [9.17, 15) is 0 Å². The van der Waals surface area contributed by atoms with Crippen LogP contribution in [0.15, 0.2) is 18.2 Å². The number of rotatable bonds is 5. The predicted octanol–water partition coefficient (Wildman–Crippen LogP) is 4.17. The summed E-state index contributed by atoms with van der Waals surface area (Å²) in [6, 6.07) is 6.09. The summed E-state index contributed by atoms with van der Waals surface area (Å²) in [5.74, 6) is 0.562. The van der Waals surface area contributed by atoms with Crippen LogP contribution in [0, 0.1) is 5.92 Å². The molecule has 0 radical (unpaired) electrons. The van der Waals surface area contributed by atoms with Gasteiger partial charge in [0.2, 0.25) is 0 Å². The van der Waals surface area contributed by atoms with Crippen LogP contribution in [0.3, 0.4) is 0 Å². The van der Waals surface area contributed by atoms with Gasteiger partial charge in [-0.05, 0) is 36.6 Å². The van der Waals surface area contributed by atoms with Crippen LogP contribution in [-0.2, 0) is 6.42 Å². The van der Waals surface area contributed by atoms with E-state index in [2.05, 4.69) is 26.1 Å². The Bertz CT molecular complexity index is 316. The summed E-state index contributed by atoms with van der Waals surface area (Å²) in [4.78, 5) is 0. The van der Waals surface area contributed by atoms with Crippen LogP contribution in [-0.4, -0.2) is 12.6 Å². The van der Waals surface area contributed by atoms with Crippen molar-refractivity contribution in [1.29, 1.82) is 0 Å². The minimum atomic E-state index is 0.419. The van der Waals surface area contributed by atoms with Gasteiger partial charge in [-0.15, -0.1) is 0 Å². The van der Waals surface area contributed by atoms with Crippen molar-refractivity contribution < 1.29 is 0 Å². The highest BCUT2D eigenvalue weighted by atomic mass is 35.5. The Kier molecular flexibility index (Phi) is 5.60. The molecule has 0 amide bonds. The second-order valence-electron chi connectivity index (χ2n) is 4.31. The third kappa shape index (κ3) is 3.65. The smallest absolute Gasteiger partial charge is 0.0453 e. The van der Waals surface area contributed by atoms with Crippen molar-refractivity contribution in [2.24, 2.45) is 5.92 Å². The number of hydrogen-bond donors (Lipinski definition) is 1. The molecule has 1 rings (SSSR count). The van der Waals surface area contributed by atoms with Crippen molar-refractivity contribution in [3.05, 3.63) is 33.8 Å². The fourth-order valence-electron chi connectivity index (χ4n) is 1.75. The molecule has 0 spiro atoms. The molecule has 0 aliphatic heterocycles. The molecule has 1 unspecified atom stereocenters. The standard InChI is InChI=1S/C13H19Cl2N/c1-4-16-13(9(2)3)8-10-11(14)6-5-7-12(10)15/h5-7,9,13,16H,4,8H2,1-3H3. The predicted molar refractivity (Wildman–Crippen MR) is 72.5 cm³/mol. The highest BCUT2D eigenvalue weighted by molar-refractivity contribution is 6.35. The third-order valence-electron chi connectivity index (χ3n) is 2.76. The molecule has 0 heterocycles. The van der Waals surface area contributed by atoms with Crippen LogP contribution in [0.25, 0.3) is 0 Å². The van der Waals surface area contributed by atoms with E-state index in [1.165, 1.54) is 0 Å². The molecule has 0 saturated heterocycles. The van der Waals surface area contributed by atoms with Crippen molar-refractivity contribution in [3.63, 3.8) is 0 Å². The van der Waals surface area contributed by atoms with Gasteiger partial charge in [0.1, 0.15) is 0 Å². The Hall–Kier alpha value is -0.240. The summed E-state index contributed by atoms with van der Waals surface area (Å²) in [5, 5.41) is 4.99. The van der Waals surface area contributed by atoms with Gasteiger partial charge in [-0.25, -0.2) is 0 Å². The number of nitrogens with one attached hydrogen (secondary N) is 1. The molecule has 1 aromatic carbocycles. The van der Waals surface area contributed by atoms with Gasteiger partial charge in [-0.1, -0.05) is 50.0 Å². The van der Waals surface area contributed by atoms with Gasteiger partial charge >= 0.3 is 0 Å². The van der Waals surface area contributed by atoms with E-state index in [1.807, 2.05) is 18.2 Å². The van der Waals surface area contributed by atoms with Gasteiger partial charge in [0.15, 0.2) is 0 Å². The molecule has 0 fully saturated rings. The summed E-state index contributed by atoms with van der Waals surface area (Å²) >= 11 is 12.3. The summed E-state index contributed by atoms with van der Waals surface area (Å²) in [6.45, 7) is 7.49. The van der Waals surface area contributed by atoms with Gasteiger partial charge < -0.3 is 5.32 Å². The second-order valence-corrected chi connectivity index (χ2v) is 5.13. The molecule has 1 nitrogen and oxygen atoms in total. The topological polar surface area (TPSA) is 12.0 Å². The Balaban J connectivity index is 2.84. The minimum Gasteiger partial charge on any atom is -0.314 e. The molecule has 1 aromatic rings. The molecular weight excluding hydrogens is 241 g/mol. The van der Waals surface area contributed by atoms with E-state index in [-0.39, 0.29) is 0 Å². The van der Waals surface area contributed by atoms with Gasteiger partial charge in [-0.2, -0.15) is 0 Å². The zero-order valence-corrected chi connectivity index (χ0v) is 11.6. The van der Waals surface area contributed by atoms with Crippen molar-refractivity contribution >= 4 is 23.2 Å². The van der Waals surface area contributed by atoms with E-state index < -0.39 is 0 Å². The Morgan fingerprint density at radius 2 is 1.75 bits per heavy atom. The molecule has 0 aliphatic rings. The third-order valence-corrected chi connectivity index (χ3v) is 3.46. The zero-order chi connectivity index (χ0) is 12.1. The average Bonchev–Trinajstić information content (AvgIpc) is 2.21. The van der Waals surface area contributed by atoms with E-state index in [1.54, 1.807) is 0 Å². The molecule has 3 heteroatoms. The van der Waals surface area contributed by atoms with Crippen LogP contribution in [0.4, 0.5) is 0 Å². The largest absolute Gasteiger partial charge is 0.314 e. The second kappa shape index (κ2) is 6.48. The Morgan fingerprint density at radius 3 is 2.19 bits per heavy atom. The monoisotopic (exact) mass is 259 g/mol. The van der Waals surface area contributed by atoms with Gasteiger partial charge in [0.25, 0.3) is 0 Å². The fraction of sp³-hybridized carbons (Fsp3) is 0.538. The van der Waals surface area contributed by atoms with E-state index in [0.29, 0.717) is 12.0 Å². The molecule has 0 aromatic heterocycles. The molecule has 90 valence electrons. The lowest BCUT2D eigenvalue weighted by Crippen LogP contribution is -2.35. The Labute approximate surface area is 108 Å². The van der Waals surface area contributed by atoms with Crippen molar-refractivity contribution in [3.8, 4) is 0 Å². The molecule has 1 atom stereocenters. The van der Waals surface area contributed by atoms with Crippen LogP contribution >= 0.6 is 23.2 Å². The van der Waals surface area contributed by atoms with Crippen LogP contribution in [0.5, 0.6) is 0 Å². The van der Waals surface area contributed by atoms with Gasteiger partial charge in [0, 0.05) is 16.1 Å². The fourth-order valence-corrected chi connectivity index (χ4v) is 2.30. The maximum absolute atomic E-state index is 6.17. The maximum Gasteiger partial charge on any atom is 0.0453 e. The SMILES string of the molecule is CCNC(Cc1c(Cl)cccc1Cl)C(C)C. The lowest BCUT2D eigenvalue weighted by molar-refractivity contribution is 0.405. The number of benzene rings is 1. The zero-order valence-electron chi connectivity index (χ0n) is 10.1. The quantitative estimate of drug-likeness (QED) is 0.837. The van der Waals surface area contributed by atoms with Crippen LogP contribution < -0.4 is 5.32 Å². The number of halogens is 2. The van der Waals surface area contributed by atoms with E-state index in [4.69, 9.17) is 23.2 Å². The maximum atomic E-state index is 6.17. The normalized spacial score (nSPS) is 13.1. The highest BCUT2D eigenvalue weighted by Crippen LogP contribution is 2.26. The lowest BCUT2D eigenvalue weighted by Gasteiger charge is -2.22. The average molecular weight is 260 g/mol. The lowest BCUT2D eigenvalue weighted by atomic mass is 9.96. The molecule has 1 N–H and O–H groups in total. The molecule has 0 aliphatic carbocycles. The number of likely N-dealkylation sites (N-methyl/N-ethyl adjacent to an activating group) is 1. The summed E-state index contributed by atoms with van der Waals surface area (Å²) in [6.07, 6.45) is 0.879. The summed E-state index contributed by atoms with van der Waals surface area (Å²) < 4.78 is 0. The van der Waals surface area contributed by atoms with Crippen LogP contribution in [0.1, 0.15) is 26.3 Å². The first-order valence-electron chi connectivity index (χ1n) is 5.72. The first kappa shape index (κ1) is 13.8. The molecule has 16 heavy (non-hydrogen) atoms. The van der Waals surface area contributed by atoms with Crippen molar-refractivity contribution in [2.45, 2.75) is 33.2 Å². The Morgan fingerprint density at radius 1 is 1.19 bits per heavy atom. The summed E-state index contributed by atoms with van der Waals surface area (Å²) in [5.41, 5.74) is 1.05. The van der Waals surface area contributed by atoms with Crippen molar-refractivity contribution in [1.82, 2.24) is 5.32 Å². The number of hydrogen-bond acceptors (Lipinski definition) is 1. The van der Waals surface area contributed by atoms with Gasteiger partial charge in [-0.3, -0.25) is 0 Å².